The van der Waals surface area contributed by atoms with Crippen LogP contribution in [0.15, 0.2) is 17.4 Å². The topological polar surface area (TPSA) is 78.5 Å². The van der Waals surface area contributed by atoms with Gasteiger partial charge in [-0.1, -0.05) is 13.0 Å². The van der Waals surface area contributed by atoms with Crippen molar-refractivity contribution in [2.75, 3.05) is 26.3 Å². The first-order valence-corrected chi connectivity index (χ1v) is 10.5. The third kappa shape index (κ3) is 4.85. The number of rotatable bonds is 9. The molecule has 0 bridgehead atoms. The highest BCUT2D eigenvalue weighted by Gasteiger charge is 2.23. The molecule has 7 heteroatoms. The van der Waals surface area contributed by atoms with Gasteiger partial charge in [0.15, 0.2) is 0 Å². The molecule has 0 spiro atoms. The molecular formula is C20H29N3O3S. The van der Waals surface area contributed by atoms with E-state index in [1.165, 1.54) is 10.4 Å². The first-order chi connectivity index (χ1) is 13.0. The Bertz CT molecular complexity index is 845. The van der Waals surface area contributed by atoms with E-state index < -0.39 is 6.10 Å². The number of nitrogens with zero attached hydrogens (tertiary/aromatic N) is 2. The maximum absolute atomic E-state index is 12.7. The summed E-state index contributed by atoms with van der Waals surface area (Å²) in [4.78, 5) is 24.6. The molecule has 3 rings (SSSR count). The van der Waals surface area contributed by atoms with E-state index in [1.807, 2.05) is 11.8 Å². The lowest BCUT2D eigenvalue weighted by Gasteiger charge is -2.23. The summed E-state index contributed by atoms with van der Waals surface area (Å²) in [6.45, 7) is 10.3. The number of hydrogen-bond acceptors (Lipinski definition) is 6. The third-order valence-corrected chi connectivity index (χ3v) is 6.11. The lowest BCUT2D eigenvalue weighted by molar-refractivity contribution is 0.0214. The SMILES string of the molecule is C=CCN(Cc1nc2sc3c(c2c(=O)[nH]1)CC[C@H](C)C3)C[C@H](O)COCC. The number of aliphatic hydroxyl groups excluding tert-OH is 1. The molecular weight excluding hydrogens is 362 g/mol. The van der Waals surface area contributed by atoms with Gasteiger partial charge < -0.3 is 14.8 Å². The van der Waals surface area contributed by atoms with E-state index in [-0.39, 0.29) is 5.56 Å². The molecule has 27 heavy (non-hydrogen) atoms. The number of hydrogen-bond donors (Lipinski definition) is 2. The van der Waals surface area contributed by atoms with E-state index in [0.717, 1.165) is 29.5 Å². The molecule has 0 saturated heterocycles. The molecule has 0 aromatic carbocycles. The molecule has 0 radical (unpaired) electrons. The number of fused-ring (bicyclic) bond motifs is 3. The molecule has 2 heterocycles. The second kappa shape index (κ2) is 9.10. The zero-order valence-electron chi connectivity index (χ0n) is 16.2. The lowest BCUT2D eigenvalue weighted by Crippen LogP contribution is -2.35. The summed E-state index contributed by atoms with van der Waals surface area (Å²) in [7, 11) is 0. The van der Waals surface area contributed by atoms with Crippen LogP contribution in [0.25, 0.3) is 10.2 Å². The minimum absolute atomic E-state index is 0.0459. The summed E-state index contributed by atoms with van der Waals surface area (Å²) in [6.07, 6.45) is 4.33. The first-order valence-electron chi connectivity index (χ1n) is 9.64. The summed E-state index contributed by atoms with van der Waals surface area (Å²) in [5.74, 6) is 1.30. The predicted molar refractivity (Wildman–Crippen MR) is 109 cm³/mol. The molecule has 1 aliphatic rings. The van der Waals surface area contributed by atoms with E-state index in [9.17, 15) is 9.90 Å². The Morgan fingerprint density at radius 2 is 2.37 bits per heavy atom. The number of thiophene rings is 1. The standard InChI is InChI=1S/C20H29N3O3S/c1-4-8-23(10-14(24)12-26-5-2)11-17-21-19(25)18-15-7-6-13(3)9-16(15)27-20(18)22-17/h4,13-14,24H,1,5-12H2,2-3H3,(H,21,22,25)/t13-,14-/m0/s1. The fraction of sp³-hybridized carbons (Fsp3) is 0.600. The molecule has 1 aliphatic carbocycles. The smallest absolute Gasteiger partial charge is 0.259 e. The number of aryl methyl sites for hydroxylation is 1. The number of aromatic amines is 1. The van der Waals surface area contributed by atoms with Crippen LogP contribution < -0.4 is 5.56 Å². The van der Waals surface area contributed by atoms with Crippen molar-refractivity contribution in [1.29, 1.82) is 0 Å². The van der Waals surface area contributed by atoms with Crippen LogP contribution in [0, 0.1) is 5.92 Å². The highest BCUT2D eigenvalue weighted by Crippen LogP contribution is 2.35. The quantitative estimate of drug-likeness (QED) is 0.642. The lowest BCUT2D eigenvalue weighted by atomic mass is 9.89. The fourth-order valence-corrected chi connectivity index (χ4v) is 5.07. The Morgan fingerprint density at radius 3 is 3.11 bits per heavy atom. The molecule has 2 aromatic rings. The van der Waals surface area contributed by atoms with Crippen LogP contribution in [0.2, 0.25) is 0 Å². The van der Waals surface area contributed by atoms with Crippen molar-refractivity contribution < 1.29 is 9.84 Å². The second-order valence-corrected chi connectivity index (χ2v) is 8.42. The van der Waals surface area contributed by atoms with Gasteiger partial charge in [0.2, 0.25) is 0 Å². The average Bonchev–Trinajstić information content (AvgIpc) is 2.97. The number of ether oxygens (including phenoxy) is 1. The maximum Gasteiger partial charge on any atom is 0.259 e. The van der Waals surface area contributed by atoms with Crippen LogP contribution in [-0.2, 0) is 24.1 Å². The minimum atomic E-state index is -0.587. The number of aliphatic hydroxyl groups is 1. The third-order valence-electron chi connectivity index (χ3n) is 4.96. The number of H-pyrrole nitrogens is 1. The summed E-state index contributed by atoms with van der Waals surface area (Å²) in [5.41, 5.74) is 1.15. The van der Waals surface area contributed by atoms with Crippen molar-refractivity contribution in [3.63, 3.8) is 0 Å². The Kier molecular flexibility index (Phi) is 6.81. The predicted octanol–water partition coefficient (Wildman–Crippen LogP) is 2.49. The van der Waals surface area contributed by atoms with Crippen LogP contribution in [0.1, 0.15) is 36.5 Å². The van der Waals surface area contributed by atoms with Crippen molar-refractivity contribution in [3.05, 3.63) is 39.3 Å². The summed E-state index contributed by atoms with van der Waals surface area (Å²) >= 11 is 1.66. The Labute approximate surface area is 163 Å². The van der Waals surface area contributed by atoms with Crippen LogP contribution in [0.3, 0.4) is 0 Å². The Morgan fingerprint density at radius 1 is 1.56 bits per heavy atom. The van der Waals surface area contributed by atoms with Gasteiger partial charge in [-0.25, -0.2) is 4.98 Å². The highest BCUT2D eigenvalue weighted by atomic mass is 32.1. The van der Waals surface area contributed by atoms with Gasteiger partial charge in [-0.2, -0.15) is 0 Å². The van der Waals surface area contributed by atoms with E-state index in [2.05, 4.69) is 18.5 Å². The number of aromatic nitrogens is 2. The van der Waals surface area contributed by atoms with Gasteiger partial charge in [-0.05, 0) is 37.7 Å². The first kappa shape index (κ1) is 20.2. The molecule has 0 amide bonds. The molecule has 0 aliphatic heterocycles. The minimum Gasteiger partial charge on any atom is -0.389 e. The van der Waals surface area contributed by atoms with Crippen molar-refractivity contribution in [2.24, 2.45) is 5.92 Å². The van der Waals surface area contributed by atoms with Crippen molar-refractivity contribution in [2.45, 2.75) is 45.8 Å². The molecule has 2 N–H and O–H groups in total. The molecule has 0 unspecified atom stereocenters. The second-order valence-electron chi connectivity index (χ2n) is 7.34. The zero-order valence-corrected chi connectivity index (χ0v) is 17.0. The normalized spacial score (nSPS) is 18.0. The Hall–Kier alpha value is -1.54. The average molecular weight is 392 g/mol. The maximum atomic E-state index is 12.7. The van der Waals surface area contributed by atoms with Gasteiger partial charge in [0, 0.05) is 24.6 Å². The zero-order chi connectivity index (χ0) is 19.4. The van der Waals surface area contributed by atoms with E-state index in [4.69, 9.17) is 9.72 Å². The van der Waals surface area contributed by atoms with Gasteiger partial charge in [-0.15, -0.1) is 17.9 Å². The molecule has 148 valence electrons. The van der Waals surface area contributed by atoms with Crippen LogP contribution in [0.5, 0.6) is 0 Å². The molecule has 2 atom stereocenters. The van der Waals surface area contributed by atoms with Crippen LogP contribution in [0.4, 0.5) is 0 Å². The molecule has 6 nitrogen and oxygen atoms in total. The molecule has 0 saturated carbocycles. The summed E-state index contributed by atoms with van der Waals surface area (Å²) < 4.78 is 5.28. The highest BCUT2D eigenvalue weighted by molar-refractivity contribution is 7.18. The van der Waals surface area contributed by atoms with Gasteiger partial charge >= 0.3 is 0 Å². The van der Waals surface area contributed by atoms with Gasteiger partial charge in [0.05, 0.1) is 24.6 Å². The fourth-order valence-electron chi connectivity index (χ4n) is 3.67. The Balaban J connectivity index is 1.81. The monoisotopic (exact) mass is 391 g/mol. The van der Waals surface area contributed by atoms with Crippen molar-refractivity contribution in [1.82, 2.24) is 14.9 Å². The van der Waals surface area contributed by atoms with E-state index >= 15 is 0 Å². The van der Waals surface area contributed by atoms with E-state index in [0.29, 0.717) is 44.6 Å². The number of nitrogens with one attached hydrogen (secondary N) is 1. The largest absolute Gasteiger partial charge is 0.389 e. The van der Waals surface area contributed by atoms with Gasteiger partial charge in [0.25, 0.3) is 5.56 Å². The van der Waals surface area contributed by atoms with Gasteiger partial charge in [0.1, 0.15) is 10.7 Å². The van der Waals surface area contributed by atoms with E-state index in [1.54, 1.807) is 17.4 Å². The van der Waals surface area contributed by atoms with Crippen LogP contribution in [-0.4, -0.2) is 52.4 Å². The van der Waals surface area contributed by atoms with Crippen molar-refractivity contribution in [3.8, 4) is 0 Å². The molecule has 2 aromatic heterocycles. The van der Waals surface area contributed by atoms with Crippen LogP contribution >= 0.6 is 11.3 Å². The summed E-state index contributed by atoms with van der Waals surface area (Å²) in [6, 6.07) is 0. The van der Waals surface area contributed by atoms with Gasteiger partial charge in [-0.3, -0.25) is 9.69 Å². The van der Waals surface area contributed by atoms with Crippen molar-refractivity contribution >= 4 is 21.6 Å². The summed E-state index contributed by atoms with van der Waals surface area (Å²) in [5, 5.41) is 10.9. The molecule has 0 fully saturated rings.